The highest BCUT2D eigenvalue weighted by molar-refractivity contribution is 5.94. The maximum absolute atomic E-state index is 12.9. The molecule has 120 valence electrons. The van der Waals surface area contributed by atoms with Crippen molar-refractivity contribution in [3.05, 3.63) is 41.7 Å². The molecule has 4 rings (SSSR count). The van der Waals surface area contributed by atoms with E-state index in [0.29, 0.717) is 25.4 Å². The number of carbonyl (C=O) groups is 1. The van der Waals surface area contributed by atoms with Crippen molar-refractivity contribution in [1.29, 1.82) is 0 Å². The van der Waals surface area contributed by atoms with E-state index in [1.807, 2.05) is 42.2 Å². The Kier molecular flexibility index (Phi) is 3.45. The van der Waals surface area contributed by atoms with Gasteiger partial charge in [0.05, 0.1) is 18.8 Å². The minimum atomic E-state index is -0.0830. The van der Waals surface area contributed by atoms with Gasteiger partial charge in [0.25, 0.3) is 5.91 Å². The van der Waals surface area contributed by atoms with Crippen molar-refractivity contribution in [2.24, 2.45) is 0 Å². The molecule has 1 N–H and O–H groups in total. The van der Waals surface area contributed by atoms with Gasteiger partial charge in [-0.1, -0.05) is 30.3 Å². The Labute approximate surface area is 135 Å². The van der Waals surface area contributed by atoms with Crippen LogP contribution in [-0.4, -0.2) is 46.1 Å². The van der Waals surface area contributed by atoms with Crippen LogP contribution in [0.15, 0.2) is 30.3 Å². The van der Waals surface area contributed by atoms with E-state index >= 15 is 0 Å². The molecule has 23 heavy (non-hydrogen) atoms. The molecule has 1 saturated heterocycles. The number of hydrogen-bond acceptors (Lipinski definition) is 3. The number of nitrogens with zero attached hydrogens (tertiary/aromatic N) is 2. The molecule has 2 heterocycles. The molecule has 0 unspecified atom stereocenters. The normalized spacial score (nSPS) is 19.6. The van der Waals surface area contributed by atoms with Gasteiger partial charge >= 0.3 is 0 Å². The molecule has 0 atom stereocenters. The summed E-state index contributed by atoms with van der Waals surface area (Å²) in [5.41, 5.74) is 2.26. The van der Waals surface area contributed by atoms with Crippen LogP contribution in [0.3, 0.4) is 0 Å². The fourth-order valence-corrected chi connectivity index (χ4v) is 3.44. The number of imidazole rings is 1. The first kappa shape index (κ1) is 14.5. The molecule has 2 aromatic rings. The van der Waals surface area contributed by atoms with Gasteiger partial charge in [0.15, 0.2) is 0 Å². The molecule has 1 aliphatic carbocycles. The second-order valence-electron chi connectivity index (χ2n) is 6.54. The molecule has 1 aromatic heterocycles. The fraction of sp³-hybridized carbons (Fsp3) is 0.444. The van der Waals surface area contributed by atoms with Crippen LogP contribution in [0.4, 0.5) is 0 Å². The van der Waals surface area contributed by atoms with E-state index in [1.165, 1.54) is 6.42 Å². The molecular formula is C18H21N3O2. The summed E-state index contributed by atoms with van der Waals surface area (Å²) < 4.78 is 5.90. The number of ether oxygens (including phenoxy) is 1. The van der Waals surface area contributed by atoms with Gasteiger partial charge in [-0.15, -0.1) is 0 Å². The minimum Gasteiger partial charge on any atom is -0.371 e. The number of benzene rings is 1. The lowest BCUT2D eigenvalue weighted by Gasteiger charge is -2.48. The van der Waals surface area contributed by atoms with Gasteiger partial charge in [-0.25, -0.2) is 4.98 Å². The van der Waals surface area contributed by atoms with Crippen molar-refractivity contribution in [3.63, 3.8) is 0 Å². The minimum absolute atomic E-state index is 0.00973. The molecule has 2 fully saturated rings. The SMILES string of the molecule is Cc1[nH]c(-c2ccccc2)nc1C(=O)N1CCOC2(CCC2)C1. The van der Waals surface area contributed by atoms with E-state index in [-0.39, 0.29) is 11.5 Å². The maximum atomic E-state index is 12.9. The van der Waals surface area contributed by atoms with Crippen molar-refractivity contribution < 1.29 is 9.53 Å². The van der Waals surface area contributed by atoms with E-state index in [0.717, 1.165) is 29.9 Å². The predicted octanol–water partition coefficient (Wildman–Crippen LogP) is 2.78. The number of amides is 1. The van der Waals surface area contributed by atoms with Gasteiger partial charge in [0, 0.05) is 17.8 Å². The monoisotopic (exact) mass is 311 g/mol. The zero-order valence-electron chi connectivity index (χ0n) is 13.3. The first-order valence-electron chi connectivity index (χ1n) is 8.22. The molecule has 1 amide bonds. The lowest BCUT2D eigenvalue weighted by molar-refractivity contribution is -0.142. The number of hydrogen-bond donors (Lipinski definition) is 1. The number of aromatic amines is 1. The molecule has 1 aliphatic heterocycles. The first-order valence-corrected chi connectivity index (χ1v) is 8.22. The molecule has 1 saturated carbocycles. The summed E-state index contributed by atoms with van der Waals surface area (Å²) in [5, 5.41) is 0. The average Bonchev–Trinajstić information content (AvgIpc) is 2.95. The molecule has 5 nitrogen and oxygen atoms in total. The molecule has 1 aromatic carbocycles. The number of H-pyrrole nitrogens is 1. The number of carbonyl (C=O) groups excluding carboxylic acids is 1. The highest BCUT2D eigenvalue weighted by Gasteiger charge is 2.43. The van der Waals surface area contributed by atoms with Crippen LogP contribution in [0.1, 0.15) is 35.4 Å². The second-order valence-corrected chi connectivity index (χ2v) is 6.54. The summed E-state index contributed by atoms with van der Waals surface area (Å²) >= 11 is 0. The second kappa shape index (κ2) is 5.49. The van der Waals surface area contributed by atoms with Crippen LogP contribution in [-0.2, 0) is 4.74 Å². The van der Waals surface area contributed by atoms with Gasteiger partial charge in [0.2, 0.25) is 0 Å². The molecule has 0 radical (unpaired) electrons. The largest absolute Gasteiger partial charge is 0.371 e. The summed E-state index contributed by atoms with van der Waals surface area (Å²) in [6.45, 7) is 3.87. The number of aryl methyl sites for hydroxylation is 1. The lowest BCUT2D eigenvalue weighted by atomic mass is 9.79. The van der Waals surface area contributed by atoms with Crippen molar-refractivity contribution in [1.82, 2.24) is 14.9 Å². The third-order valence-corrected chi connectivity index (χ3v) is 4.93. The molecule has 5 heteroatoms. The van der Waals surface area contributed by atoms with Crippen LogP contribution in [0.5, 0.6) is 0 Å². The Morgan fingerprint density at radius 2 is 2.09 bits per heavy atom. The van der Waals surface area contributed by atoms with E-state index < -0.39 is 0 Å². The van der Waals surface area contributed by atoms with Crippen LogP contribution >= 0.6 is 0 Å². The van der Waals surface area contributed by atoms with Crippen molar-refractivity contribution >= 4 is 5.91 Å². The van der Waals surface area contributed by atoms with Crippen LogP contribution in [0.25, 0.3) is 11.4 Å². The Morgan fingerprint density at radius 1 is 1.30 bits per heavy atom. The first-order chi connectivity index (χ1) is 11.2. The summed E-state index contributed by atoms with van der Waals surface area (Å²) in [5.74, 6) is 0.758. The number of morpholine rings is 1. The zero-order chi connectivity index (χ0) is 15.9. The molecule has 2 aliphatic rings. The number of nitrogens with one attached hydrogen (secondary N) is 1. The van der Waals surface area contributed by atoms with Crippen molar-refractivity contribution in [3.8, 4) is 11.4 Å². The number of rotatable bonds is 2. The summed E-state index contributed by atoms with van der Waals surface area (Å²) in [4.78, 5) is 22.6. The quantitative estimate of drug-likeness (QED) is 0.928. The highest BCUT2D eigenvalue weighted by Crippen LogP contribution is 2.38. The maximum Gasteiger partial charge on any atom is 0.274 e. The average molecular weight is 311 g/mol. The van der Waals surface area contributed by atoms with E-state index in [9.17, 15) is 4.79 Å². The van der Waals surface area contributed by atoms with Gasteiger partial charge in [-0.05, 0) is 26.2 Å². The van der Waals surface area contributed by atoms with Gasteiger partial charge in [-0.3, -0.25) is 4.79 Å². The van der Waals surface area contributed by atoms with Crippen LogP contribution in [0.2, 0.25) is 0 Å². The Hall–Kier alpha value is -2.14. The van der Waals surface area contributed by atoms with Gasteiger partial charge < -0.3 is 14.6 Å². The molecule has 1 spiro atoms. The van der Waals surface area contributed by atoms with Crippen molar-refractivity contribution in [2.75, 3.05) is 19.7 Å². The van der Waals surface area contributed by atoms with Crippen LogP contribution < -0.4 is 0 Å². The van der Waals surface area contributed by atoms with E-state index in [2.05, 4.69) is 9.97 Å². The molecular weight excluding hydrogens is 290 g/mol. The van der Waals surface area contributed by atoms with E-state index in [1.54, 1.807) is 0 Å². The Bertz CT molecular complexity index is 719. The lowest BCUT2D eigenvalue weighted by Crippen LogP contribution is -2.57. The Balaban J connectivity index is 1.58. The summed E-state index contributed by atoms with van der Waals surface area (Å²) in [6.07, 6.45) is 3.32. The highest BCUT2D eigenvalue weighted by atomic mass is 16.5. The third kappa shape index (κ3) is 2.55. The van der Waals surface area contributed by atoms with E-state index in [4.69, 9.17) is 4.74 Å². The third-order valence-electron chi connectivity index (χ3n) is 4.93. The van der Waals surface area contributed by atoms with Gasteiger partial charge in [-0.2, -0.15) is 0 Å². The van der Waals surface area contributed by atoms with Crippen LogP contribution in [0, 0.1) is 6.92 Å². The Morgan fingerprint density at radius 3 is 2.78 bits per heavy atom. The summed E-state index contributed by atoms with van der Waals surface area (Å²) in [6, 6.07) is 9.89. The standard InChI is InChI=1S/C18H21N3O2/c1-13-15(20-16(19-13)14-6-3-2-4-7-14)17(22)21-10-11-23-18(12-21)8-5-9-18/h2-4,6-7H,5,8-12H2,1H3,(H,19,20). The smallest absolute Gasteiger partial charge is 0.274 e. The molecule has 0 bridgehead atoms. The predicted molar refractivity (Wildman–Crippen MR) is 87.2 cm³/mol. The summed E-state index contributed by atoms with van der Waals surface area (Å²) in [7, 11) is 0. The van der Waals surface area contributed by atoms with Crippen molar-refractivity contribution in [2.45, 2.75) is 31.8 Å². The zero-order valence-corrected chi connectivity index (χ0v) is 13.3. The topological polar surface area (TPSA) is 58.2 Å². The number of aromatic nitrogens is 2. The van der Waals surface area contributed by atoms with Gasteiger partial charge in [0.1, 0.15) is 11.5 Å². The fourth-order valence-electron chi connectivity index (χ4n) is 3.44.